The van der Waals surface area contributed by atoms with Crippen molar-refractivity contribution in [1.29, 1.82) is 5.41 Å². The Morgan fingerprint density at radius 2 is 1.69 bits per heavy atom. The van der Waals surface area contributed by atoms with Crippen LogP contribution in [0.4, 0.5) is 10.5 Å². The number of anilines is 1. The third kappa shape index (κ3) is 4.99. The summed E-state index contributed by atoms with van der Waals surface area (Å²) in [6.45, 7) is 1.56. The molecule has 0 saturated carbocycles. The van der Waals surface area contributed by atoms with E-state index in [0.717, 1.165) is 11.3 Å². The second-order valence-corrected chi connectivity index (χ2v) is 9.40. The van der Waals surface area contributed by atoms with Gasteiger partial charge >= 0.3 is 12.0 Å². The third-order valence-corrected chi connectivity index (χ3v) is 7.33. The van der Waals surface area contributed by atoms with Crippen LogP contribution in [0, 0.1) is 5.41 Å². The summed E-state index contributed by atoms with van der Waals surface area (Å²) in [7, 11) is 1.81. The number of aliphatic carboxylic acids is 1. The molecule has 35 heavy (non-hydrogen) atoms. The minimum atomic E-state index is -0.924. The van der Waals surface area contributed by atoms with Crippen molar-refractivity contribution >= 4 is 29.4 Å². The molecule has 2 aromatic rings. The lowest BCUT2D eigenvalue weighted by Crippen LogP contribution is -2.54. The molecule has 1 atom stereocenters. The van der Waals surface area contributed by atoms with E-state index in [-0.39, 0.29) is 42.1 Å². The van der Waals surface area contributed by atoms with E-state index in [1.807, 2.05) is 37.4 Å². The first kappa shape index (κ1) is 24.3. The zero-order valence-corrected chi connectivity index (χ0v) is 19.8. The summed E-state index contributed by atoms with van der Waals surface area (Å²) >= 11 is 0. The molecule has 2 aliphatic rings. The highest BCUT2D eigenvalue weighted by Gasteiger charge is 2.50. The quantitative estimate of drug-likeness (QED) is 0.417. The molecule has 184 valence electrons. The molecule has 2 heterocycles. The largest absolute Gasteiger partial charge is 0.481 e. The Balaban J connectivity index is 1.41. The summed E-state index contributed by atoms with van der Waals surface area (Å²) in [5, 5.41) is 16.9. The number of carbonyl (C=O) groups is 3. The number of likely N-dealkylation sites (tertiary alicyclic amines) is 1. The Bertz CT molecular complexity index is 1110. The monoisotopic (exact) mass is 477 g/mol. The fourth-order valence-electron chi connectivity index (χ4n) is 5.12. The number of carboxylic acids is 1. The van der Waals surface area contributed by atoms with Crippen LogP contribution in [0.3, 0.4) is 0 Å². The highest BCUT2D eigenvalue weighted by atomic mass is 16.4. The van der Waals surface area contributed by atoms with Crippen molar-refractivity contribution in [3.05, 3.63) is 65.7 Å². The van der Waals surface area contributed by atoms with Gasteiger partial charge in [-0.2, -0.15) is 0 Å². The van der Waals surface area contributed by atoms with Crippen LogP contribution in [-0.2, 0) is 9.59 Å². The van der Waals surface area contributed by atoms with Gasteiger partial charge in [0.15, 0.2) is 0 Å². The number of rotatable bonds is 7. The van der Waals surface area contributed by atoms with Crippen LogP contribution >= 0.6 is 0 Å². The van der Waals surface area contributed by atoms with Gasteiger partial charge in [0.1, 0.15) is 5.84 Å². The van der Waals surface area contributed by atoms with Crippen LogP contribution in [0.1, 0.15) is 42.7 Å². The van der Waals surface area contributed by atoms with Crippen molar-refractivity contribution in [3.63, 3.8) is 0 Å². The lowest BCUT2D eigenvalue weighted by atomic mass is 9.86. The lowest BCUT2D eigenvalue weighted by Gasteiger charge is -2.42. The van der Waals surface area contributed by atoms with E-state index in [0.29, 0.717) is 38.0 Å². The Labute approximate surface area is 204 Å². The highest BCUT2D eigenvalue weighted by Crippen LogP contribution is 2.37. The Kier molecular flexibility index (Phi) is 6.77. The zero-order valence-electron chi connectivity index (χ0n) is 19.8. The summed E-state index contributed by atoms with van der Waals surface area (Å²) in [4.78, 5) is 42.9. The van der Waals surface area contributed by atoms with E-state index < -0.39 is 5.97 Å². The van der Waals surface area contributed by atoms with Gasteiger partial charge < -0.3 is 20.6 Å². The summed E-state index contributed by atoms with van der Waals surface area (Å²) in [6.07, 6.45) is 1.35. The van der Waals surface area contributed by atoms with Crippen LogP contribution in [0.5, 0.6) is 0 Å². The van der Waals surface area contributed by atoms with Crippen molar-refractivity contribution < 1.29 is 19.5 Å². The van der Waals surface area contributed by atoms with Gasteiger partial charge in [-0.05, 0) is 42.7 Å². The second kappa shape index (κ2) is 9.77. The minimum absolute atomic E-state index is 0.0206. The zero-order chi connectivity index (χ0) is 25.2. The number of carboxylic acid groups (broad SMARTS) is 1. The van der Waals surface area contributed by atoms with E-state index in [2.05, 4.69) is 0 Å². The molecule has 0 bridgehead atoms. The highest BCUT2D eigenvalue weighted by molar-refractivity contribution is 5.98. The van der Waals surface area contributed by atoms with Crippen molar-refractivity contribution in [2.75, 3.05) is 31.6 Å². The van der Waals surface area contributed by atoms with Gasteiger partial charge in [0.05, 0.1) is 18.5 Å². The number of carbonyl (C=O) groups excluding carboxylic acids is 2. The Morgan fingerprint density at radius 3 is 2.26 bits per heavy atom. The molecule has 2 aromatic carbocycles. The molecular weight excluding hydrogens is 446 g/mol. The lowest BCUT2D eigenvalue weighted by molar-refractivity contribution is -0.138. The number of urea groups is 1. The van der Waals surface area contributed by atoms with Crippen molar-refractivity contribution in [1.82, 2.24) is 9.80 Å². The number of piperidine rings is 1. The van der Waals surface area contributed by atoms with Gasteiger partial charge in [0.2, 0.25) is 5.91 Å². The molecule has 3 amide bonds. The molecule has 2 fully saturated rings. The number of nitrogens with one attached hydrogen (secondary N) is 1. The maximum absolute atomic E-state index is 13.1. The van der Waals surface area contributed by atoms with Crippen molar-refractivity contribution in [3.8, 4) is 0 Å². The van der Waals surface area contributed by atoms with Gasteiger partial charge in [0.25, 0.3) is 0 Å². The van der Waals surface area contributed by atoms with Gasteiger partial charge in [-0.3, -0.25) is 19.9 Å². The summed E-state index contributed by atoms with van der Waals surface area (Å²) < 4.78 is 0. The number of amidine groups is 1. The first-order valence-electron chi connectivity index (χ1n) is 11.7. The molecule has 2 aliphatic heterocycles. The molecule has 4 rings (SSSR count). The summed E-state index contributed by atoms with van der Waals surface area (Å²) in [5.41, 5.74) is 7.37. The number of hydrogen-bond donors (Lipinski definition) is 3. The second-order valence-electron chi connectivity index (χ2n) is 9.40. The van der Waals surface area contributed by atoms with E-state index in [1.54, 1.807) is 39.0 Å². The van der Waals surface area contributed by atoms with Crippen LogP contribution in [-0.4, -0.2) is 70.9 Å². The fourth-order valence-corrected chi connectivity index (χ4v) is 5.12. The van der Waals surface area contributed by atoms with E-state index in [4.69, 9.17) is 11.1 Å². The van der Waals surface area contributed by atoms with Gasteiger partial charge in [-0.15, -0.1) is 0 Å². The average molecular weight is 478 g/mol. The molecule has 1 spiro atoms. The van der Waals surface area contributed by atoms with Crippen molar-refractivity contribution in [2.45, 2.75) is 37.1 Å². The molecule has 0 aromatic heterocycles. The number of amides is 3. The number of nitrogen functional groups attached to an aromatic ring is 1. The van der Waals surface area contributed by atoms with Crippen LogP contribution in [0.15, 0.2) is 54.6 Å². The molecule has 1 unspecified atom stereocenters. The molecule has 2 saturated heterocycles. The average Bonchev–Trinajstić information content (AvgIpc) is 3.09. The standard InChI is InChI=1S/C26H31N5O4/c1-29-25(35)31(21-9-7-19(8-10-21)24(27)28)17-26(29)11-13-30(14-12-26)22(32)15-20(16-23(33)34)18-5-3-2-4-6-18/h2-10,20H,11-17H2,1H3,(H3,27,28)(H,33,34). The predicted molar refractivity (Wildman–Crippen MR) is 133 cm³/mol. The molecular formula is C26H31N5O4. The molecule has 9 nitrogen and oxygen atoms in total. The molecule has 0 radical (unpaired) electrons. The van der Waals surface area contributed by atoms with Crippen LogP contribution in [0.25, 0.3) is 0 Å². The maximum atomic E-state index is 13.1. The van der Waals surface area contributed by atoms with E-state index in [1.165, 1.54) is 0 Å². The Hall–Kier alpha value is -3.88. The topological polar surface area (TPSA) is 131 Å². The SMILES string of the molecule is CN1C(=O)N(c2ccc(C(=N)N)cc2)CC12CCN(C(=O)CC(CC(=O)O)c1ccccc1)CC2. The summed E-state index contributed by atoms with van der Waals surface area (Å²) in [6, 6.07) is 16.3. The van der Waals surface area contributed by atoms with Gasteiger partial charge in [-0.1, -0.05) is 30.3 Å². The normalized spacial score (nSPS) is 18.1. The first-order valence-corrected chi connectivity index (χ1v) is 11.7. The van der Waals surface area contributed by atoms with Crippen LogP contribution in [0.2, 0.25) is 0 Å². The fraction of sp³-hybridized carbons (Fsp3) is 0.385. The maximum Gasteiger partial charge on any atom is 0.324 e. The number of benzene rings is 2. The third-order valence-electron chi connectivity index (χ3n) is 7.33. The minimum Gasteiger partial charge on any atom is -0.481 e. The first-order chi connectivity index (χ1) is 16.7. The molecule has 4 N–H and O–H groups in total. The number of likely N-dealkylation sites (N-methyl/N-ethyl adjacent to an activating group) is 1. The van der Waals surface area contributed by atoms with Crippen LogP contribution < -0.4 is 10.6 Å². The Morgan fingerprint density at radius 1 is 1.06 bits per heavy atom. The number of nitrogens with zero attached hydrogens (tertiary/aromatic N) is 3. The van der Waals surface area contributed by atoms with E-state index >= 15 is 0 Å². The number of hydrogen-bond acceptors (Lipinski definition) is 4. The summed E-state index contributed by atoms with van der Waals surface area (Å²) in [5.74, 6) is -1.38. The van der Waals surface area contributed by atoms with Gasteiger partial charge in [-0.25, -0.2) is 4.79 Å². The number of nitrogens with two attached hydrogens (primary N) is 1. The van der Waals surface area contributed by atoms with Gasteiger partial charge in [0, 0.05) is 43.7 Å². The van der Waals surface area contributed by atoms with E-state index in [9.17, 15) is 19.5 Å². The predicted octanol–water partition coefficient (Wildman–Crippen LogP) is 2.85. The molecule has 0 aliphatic carbocycles. The van der Waals surface area contributed by atoms with Crippen molar-refractivity contribution in [2.24, 2.45) is 5.73 Å². The molecule has 9 heteroatoms. The smallest absolute Gasteiger partial charge is 0.324 e.